The number of halogens is 2. The van der Waals surface area contributed by atoms with Gasteiger partial charge in [-0.3, -0.25) is 0 Å². The first-order chi connectivity index (χ1) is 18.0. The summed E-state index contributed by atoms with van der Waals surface area (Å²) < 4.78 is 25.3. The third kappa shape index (κ3) is 9.88. The molecule has 0 amide bonds. The number of carbonyl (C=O) groups is 1. The highest BCUT2D eigenvalue weighted by atomic mass is 35.5. The molecule has 2 aromatic rings. The van der Waals surface area contributed by atoms with Crippen molar-refractivity contribution in [2.45, 2.75) is 110 Å². The molecule has 1 aromatic heterocycles. The van der Waals surface area contributed by atoms with E-state index in [2.05, 4.69) is 16.9 Å². The summed E-state index contributed by atoms with van der Waals surface area (Å²) in [5.74, 6) is 0.936. The highest BCUT2D eigenvalue weighted by Crippen LogP contribution is 2.32. The monoisotopic (exact) mass is 532 g/mol. The smallest absolute Gasteiger partial charge is 0.340 e. The molecule has 7 heteroatoms. The number of aryl methyl sites for hydroxylation is 1. The summed E-state index contributed by atoms with van der Waals surface area (Å²) in [6.07, 6.45) is 14.4. The Morgan fingerprint density at radius 3 is 2.41 bits per heavy atom. The topological polar surface area (TPSA) is 61.3 Å². The number of hydrogen-bond acceptors (Lipinski definition) is 5. The molecule has 3 rings (SSSR count). The van der Waals surface area contributed by atoms with Crippen molar-refractivity contribution in [2.24, 2.45) is 5.92 Å². The molecule has 5 nitrogen and oxygen atoms in total. The number of nitrogens with zero attached hydrogens (tertiary/aromatic N) is 2. The van der Waals surface area contributed by atoms with Crippen LogP contribution in [0.2, 0.25) is 5.02 Å². The average molecular weight is 533 g/mol. The largest absolute Gasteiger partial charge is 0.492 e. The fourth-order valence-electron chi connectivity index (χ4n) is 4.69. The van der Waals surface area contributed by atoms with E-state index in [4.69, 9.17) is 21.1 Å². The van der Waals surface area contributed by atoms with Crippen LogP contribution in [0.25, 0.3) is 11.4 Å². The number of unbranched alkanes of at least 4 members (excludes halogenated alkanes) is 5. The lowest BCUT2D eigenvalue weighted by atomic mass is 9.88. The maximum Gasteiger partial charge on any atom is 0.340 e. The summed E-state index contributed by atoms with van der Waals surface area (Å²) in [7, 11) is 0. The number of ether oxygens (including phenoxy) is 2. The van der Waals surface area contributed by atoms with Crippen LogP contribution in [0, 0.1) is 5.92 Å². The number of rotatable bonds is 15. The number of esters is 1. The van der Waals surface area contributed by atoms with Gasteiger partial charge in [0.25, 0.3) is 0 Å². The highest BCUT2D eigenvalue weighted by molar-refractivity contribution is 6.32. The Balaban J connectivity index is 1.41. The van der Waals surface area contributed by atoms with E-state index in [0.717, 1.165) is 49.7 Å². The van der Waals surface area contributed by atoms with Gasteiger partial charge in [0.2, 0.25) is 0 Å². The van der Waals surface area contributed by atoms with Crippen molar-refractivity contribution in [3.05, 3.63) is 41.2 Å². The van der Waals surface area contributed by atoms with E-state index in [-0.39, 0.29) is 12.5 Å². The lowest BCUT2D eigenvalue weighted by Crippen LogP contribution is -2.30. The fourth-order valence-corrected chi connectivity index (χ4v) is 4.92. The van der Waals surface area contributed by atoms with Crippen molar-refractivity contribution in [3.8, 4) is 17.1 Å². The fraction of sp³-hybridized carbons (Fsp3) is 0.633. The summed E-state index contributed by atoms with van der Waals surface area (Å²) in [6, 6.07) is 5.65. The molecule has 204 valence electrons. The van der Waals surface area contributed by atoms with Gasteiger partial charge in [0.1, 0.15) is 11.9 Å². The zero-order valence-electron chi connectivity index (χ0n) is 22.4. The Morgan fingerprint density at radius 2 is 1.73 bits per heavy atom. The van der Waals surface area contributed by atoms with Crippen molar-refractivity contribution in [1.29, 1.82) is 0 Å². The second-order valence-corrected chi connectivity index (χ2v) is 10.6. The van der Waals surface area contributed by atoms with E-state index < -0.39 is 12.1 Å². The first-order valence-corrected chi connectivity index (χ1v) is 14.5. The van der Waals surface area contributed by atoms with Crippen LogP contribution >= 0.6 is 11.6 Å². The Hall–Kier alpha value is -2.21. The number of benzene rings is 1. The van der Waals surface area contributed by atoms with Gasteiger partial charge in [-0.2, -0.15) is 0 Å². The van der Waals surface area contributed by atoms with E-state index in [0.29, 0.717) is 35.5 Å². The molecule has 0 radical (unpaired) electrons. The molecule has 1 saturated carbocycles. The van der Waals surface area contributed by atoms with Gasteiger partial charge in [-0.25, -0.2) is 19.2 Å². The number of alkyl halides is 1. The van der Waals surface area contributed by atoms with Crippen LogP contribution in [0.3, 0.4) is 0 Å². The number of aromatic nitrogens is 2. The van der Waals surface area contributed by atoms with Crippen molar-refractivity contribution in [2.75, 3.05) is 6.61 Å². The van der Waals surface area contributed by atoms with Crippen molar-refractivity contribution < 1.29 is 18.7 Å². The SMILES string of the molecule is CCCCCCCc1cnc(-c2ccc(OC[C@H]3CC[C@H](OC(=O)[C@@H](F)CCCC)CC3)c(Cl)c2)nc1. The van der Waals surface area contributed by atoms with Gasteiger partial charge >= 0.3 is 5.97 Å². The highest BCUT2D eigenvalue weighted by Gasteiger charge is 2.27. The summed E-state index contributed by atoms with van der Waals surface area (Å²) in [4.78, 5) is 21.0. The number of carbonyl (C=O) groups excluding carboxylic acids is 1. The average Bonchev–Trinajstić information content (AvgIpc) is 2.92. The van der Waals surface area contributed by atoms with Gasteiger partial charge in [0, 0.05) is 18.0 Å². The van der Waals surface area contributed by atoms with E-state index in [1.165, 1.54) is 32.1 Å². The predicted octanol–water partition coefficient (Wildman–Crippen LogP) is 8.32. The zero-order valence-corrected chi connectivity index (χ0v) is 23.1. The first-order valence-electron chi connectivity index (χ1n) is 14.1. The molecule has 0 unspecified atom stereocenters. The van der Waals surface area contributed by atoms with Crippen molar-refractivity contribution >= 4 is 17.6 Å². The molecule has 0 bridgehead atoms. The van der Waals surface area contributed by atoms with Gasteiger partial charge in [-0.05, 0) is 74.6 Å². The maximum atomic E-state index is 13.9. The molecule has 0 saturated heterocycles. The minimum absolute atomic E-state index is 0.195. The van der Waals surface area contributed by atoms with Crippen LogP contribution in [0.4, 0.5) is 4.39 Å². The second-order valence-electron chi connectivity index (χ2n) is 10.2. The Morgan fingerprint density at radius 1 is 1.03 bits per heavy atom. The third-order valence-corrected chi connectivity index (χ3v) is 7.38. The third-order valence-electron chi connectivity index (χ3n) is 7.08. The molecule has 1 atom stereocenters. The summed E-state index contributed by atoms with van der Waals surface area (Å²) in [6.45, 7) is 4.75. The minimum atomic E-state index is -1.50. The van der Waals surface area contributed by atoms with Gasteiger partial charge in [0.15, 0.2) is 12.0 Å². The van der Waals surface area contributed by atoms with Crippen molar-refractivity contribution in [1.82, 2.24) is 9.97 Å². The van der Waals surface area contributed by atoms with E-state index in [9.17, 15) is 9.18 Å². The quantitative estimate of drug-likeness (QED) is 0.170. The molecule has 37 heavy (non-hydrogen) atoms. The first kappa shape index (κ1) is 29.3. The number of hydrogen-bond donors (Lipinski definition) is 0. The van der Waals surface area contributed by atoms with Gasteiger partial charge in [0.05, 0.1) is 11.6 Å². The van der Waals surface area contributed by atoms with Crippen LogP contribution < -0.4 is 4.74 Å². The van der Waals surface area contributed by atoms with Crippen LogP contribution in [0.1, 0.15) is 96.5 Å². The van der Waals surface area contributed by atoms with Gasteiger partial charge in [-0.15, -0.1) is 0 Å². The van der Waals surface area contributed by atoms with Crippen molar-refractivity contribution in [3.63, 3.8) is 0 Å². The zero-order chi connectivity index (χ0) is 26.5. The molecule has 1 aliphatic rings. The molecule has 1 fully saturated rings. The van der Waals surface area contributed by atoms with E-state index in [1.54, 1.807) is 0 Å². The lowest BCUT2D eigenvalue weighted by Gasteiger charge is -2.28. The summed E-state index contributed by atoms with van der Waals surface area (Å²) in [5.41, 5.74) is 2.02. The Bertz CT molecular complexity index is 948. The maximum absolute atomic E-state index is 13.9. The Labute approximate surface area is 226 Å². The minimum Gasteiger partial charge on any atom is -0.492 e. The molecular weight excluding hydrogens is 491 g/mol. The molecule has 1 aromatic carbocycles. The van der Waals surface area contributed by atoms with Gasteiger partial charge in [-0.1, -0.05) is 64.0 Å². The molecule has 0 aliphatic heterocycles. The summed E-state index contributed by atoms with van der Waals surface area (Å²) >= 11 is 6.51. The molecule has 1 aliphatic carbocycles. The normalized spacial score (nSPS) is 18.4. The van der Waals surface area contributed by atoms with Crippen LogP contribution in [-0.4, -0.2) is 34.8 Å². The van der Waals surface area contributed by atoms with Crippen LogP contribution in [0.15, 0.2) is 30.6 Å². The van der Waals surface area contributed by atoms with Gasteiger partial charge < -0.3 is 9.47 Å². The molecule has 1 heterocycles. The molecule has 0 spiro atoms. The molecule has 0 N–H and O–H groups in total. The standard InChI is InChI=1S/C30H42ClFN2O3/c1-3-5-7-8-9-10-23-19-33-29(34-20-23)24-14-17-28(26(31)18-24)36-21-22-12-15-25(16-13-22)37-30(35)27(32)11-6-4-2/h14,17-20,22,25,27H,3-13,15-16,21H2,1-2H3/t22-,25-,27-/m0/s1. The molecular formula is C30H42ClFN2O3. The van der Waals surface area contributed by atoms with Crippen LogP contribution in [0.5, 0.6) is 5.75 Å². The Kier molecular flexibility index (Phi) is 12.6. The predicted molar refractivity (Wildman–Crippen MR) is 147 cm³/mol. The second kappa shape index (κ2) is 15.9. The van der Waals surface area contributed by atoms with E-state index >= 15 is 0 Å². The summed E-state index contributed by atoms with van der Waals surface area (Å²) in [5, 5.41) is 0.532. The van der Waals surface area contributed by atoms with E-state index in [1.807, 2.05) is 37.5 Å². The lowest BCUT2D eigenvalue weighted by molar-refractivity contribution is -0.157. The van der Waals surface area contributed by atoms with Crippen LogP contribution in [-0.2, 0) is 16.0 Å².